The fraction of sp³-hybridized carbons (Fsp3) is 0.250. The van der Waals surface area contributed by atoms with Crippen LogP contribution in [0.5, 0.6) is 5.75 Å². The van der Waals surface area contributed by atoms with Gasteiger partial charge in [0, 0.05) is 22.0 Å². The highest BCUT2D eigenvalue weighted by atomic mass is 79.9. The summed E-state index contributed by atoms with van der Waals surface area (Å²) in [4.78, 5) is 29.6. The maximum absolute atomic E-state index is 13.5. The van der Waals surface area contributed by atoms with Crippen molar-refractivity contribution in [3.8, 4) is 5.75 Å². The molecule has 1 heterocycles. The summed E-state index contributed by atoms with van der Waals surface area (Å²) >= 11 is 15.4. The SMILES string of the molecule is O=c1c2cc(Br)ccc2nc(C2CCCCC2)n1N=Cc1ccc(OCc2ccc(Cl)c(Cl)c2)c([N+](=O)[O-])c1. The van der Waals surface area contributed by atoms with Crippen molar-refractivity contribution in [2.24, 2.45) is 5.10 Å². The fourth-order valence-electron chi connectivity index (χ4n) is 4.70. The molecule has 3 aromatic carbocycles. The van der Waals surface area contributed by atoms with Crippen LogP contribution >= 0.6 is 39.1 Å². The minimum Gasteiger partial charge on any atom is -0.482 e. The van der Waals surface area contributed by atoms with Gasteiger partial charge in [0.15, 0.2) is 5.75 Å². The van der Waals surface area contributed by atoms with Gasteiger partial charge in [0.05, 0.1) is 32.1 Å². The smallest absolute Gasteiger partial charge is 0.311 e. The normalized spacial score (nSPS) is 14.2. The van der Waals surface area contributed by atoms with E-state index in [1.165, 1.54) is 23.0 Å². The second kappa shape index (κ2) is 11.9. The molecule has 0 aliphatic heterocycles. The van der Waals surface area contributed by atoms with Gasteiger partial charge in [-0.3, -0.25) is 14.9 Å². The lowest BCUT2D eigenvalue weighted by Gasteiger charge is -2.22. The monoisotopic (exact) mass is 628 g/mol. The van der Waals surface area contributed by atoms with E-state index in [1.54, 1.807) is 30.3 Å². The number of ether oxygens (including phenoxy) is 1. The zero-order chi connectivity index (χ0) is 27.5. The lowest BCUT2D eigenvalue weighted by atomic mass is 9.88. The molecule has 200 valence electrons. The quantitative estimate of drug-likeness (QED) is 0.118. The maximum Gasteiger partial charge on any atom is 0.311 e. The van der Waals surface area contributed by atoms with Gasteiger partial charge in [-0.05, 0) is 60.9 Å². The predicted molar refractivity (Wildman–Crippen MR) is 156 cm³/mol. The summed E-state index contributed by atoms with van der Waals surface area (Å²) in [6.45, 7) is 0.0730. The molecule has 0 spiro atoms. The molecule has 0 N–H and O–H groups in total. The summed E-state index contributed by atoms with van der Waals surface area (Å²) in [7, 11) is 0. The van der Waals surface area contributed by atoms with Crippen molar-refractivity contribution in [3.63, 3.8) is 0 Å². The van der Waals surface area contributed by atoms with Crippen LogP contribution in [0.4, 0.5) is 5.69 Å². The van der Waals surface area contributed by atoms with Gasteiger partial charge in [0.1, 0.15) is 12.4 Å². The minimum absolute atomic E-state index is 0.0730. The molecule has 11 heteroatoms. The molecule has 0 saturated heterocycles. The van der Waals surface area contributed by atoms with Crippen LogP contribution in [0.2, 0.25) is 10.0 Å². The van der Waals surface area contributed by atoms with Crippen molar-refractivity contribution in [2.75, 3.05) is 0 Å². The lowest BCUT2D eigenvalue weighted by molar-refractivity contribution is -0.385. The Morgan fingerprint density at radius 1 is 1.08 bits per heavy atom. The Kier molecular flexibility index (Phi) is 8.30. The first-order valence-electron chi connectivity index (χ1n) is 12.4. The average molecular weight is 630 g/mol. The first-order valence-corrected chi connectivity index (χ1v) is 14.0. The highest BCUT2D eigenvalue weighted by Gasteiger charge is 2.23. The van der Waals surface area contributed by atoms with Gasteiger partial charge >= 0.3 is 5.69 Å². The Balaban J connectivity index is 1.48. The van der Waals surface area contributed by atoms with Crippen molar-refractivity contribution in [3.05, 3.63) is 107 Å². The molecule has 0 unspecified atom stereocenters. The van der Waals surface area contributed by atoms with Crippen LogP contribution in [0, 0.1) is 10.1 Å². The van der Waals surface area contributed by atoms with Crippen molar-refractivity contribution in [1.82, 2.24) is 9.66 Å². The number of benzene rings is 3. The number of nitrogens with zero attached hydrogens (tertiary/aromatic N) is 4. The van der Waals surface area contributed by atoms with Gasteiger partial charge in [-0.15, -0.1) is 0 Å². The molecule has 0 atom stereocenters. The van der Waals surface area contributed by atoms with Crippen LogP contribution in [0.3, 0.4) is 0 Å². The Bertz CT molecular complexity index is 1650. The molecule has 0 radical (unpaired) electrons. The summed E-state index contributed by atoms with van der Waals surface area (Å²) in [5.74, 6) is 0.825. The van der Waals surface area contributed by atoms with Crippen molar-refractivity contribution in [1.29, 1.82) is 0 Å². The zero-order valence-corrected chi connectivity index (χ0v) is 23.7. The number of aromatic nitrogens is 2. The van der Waals surface area contributed by atoms with E-state index in [2.05, 4.69) is 21.0 Å². The number of nitro benzene ring substituents is 1. The summed E-state index contributed by atoms with van der Waals surface area (Å²) in [5.41, 5.74) is 1.27. The minimum atomic E-state index is -0.518. The van der Waals surface area contributed by atoms with Crippen molar-refractivity contribution < 1.29 is 9.66 Å². The van der Waals surface area contributed by atoms with Crippen LogP contribution in [0.25, 0.3) is 10.9 Å². The first-order chi connectivity index (χ1) is 18.8. The molecule has 0 bridgehead atoms. The molecule has 39 heavy (non-hydrogen) atoms. The molecule has 1 aliphatic carbocycles. The standard InChI is InChI=1S/C28H23BrCl2N4O4/c29-20-8-10-24-21(14-20)28(36)34(27(33-24)19-4-2-1-3-5-19)32-15-17-7-11-26(25(13-17)35(37)38)39-16-18-6-9-22(30)23(31)12-18/h6-15,19H,1-5,16H2. The average Bonchev–Trinajstić information content (AvgIpc) is 2.94. The summed E-state index contributed by atoms with van der Waals surface area (Å²) in [6.07, 6.45) is 6.60. The van der Waals surface area contributed by atoms with Crippen molar-refractivity contribution >= 4 is 61.9 Å². The zero-order valence-electron chi connectivity index (χ0n) is 20.6. The first kappa shape index (κ1) is 27.3. The third-order valence-electron chi connectivity index (χ3n) is 6.68. The molecule has 0 amide bonds. The molecule has 1 fully saturated rings. The predicted octanol–water partition coefficient (Wildman–Crippen LogP) is 7.88. The summed E-state index contributed by atoms with van der Waals surface area (Å²) in [5, 5.41) is 17.5. The number of hydrogen-bond acceptors (Lipinski definition) is 6. The van der Waals surface area contributed by atoms with Crippen LogP contribution in [0.15, 0.2) is 69.0 Å². The van der Waals surface area contributed by atoms with Gasteiger partial charge in [0.2, 0.25) is 0 Å². The molecule has 8 nitrogen and oxygen atoms in total. The molecule has 5 rings (SSSR count). The van der Waals surface area contributed by atoms with E-state index in [0.717, 1.165) is 42.1 Å². The number of nitro groups is 1. The molecular formula is C28H23BrCl2N4O4. The number of hydrogen-bond donors (Lipinski definition) is 0. The molecule has 1 saturated carbocycles. The largest absolute Gasteiger partial charge is 0.482 e. The maximum atomic E-state index is 13.5. The Morgan fingerprint density at radius 2 is 1.87 bits per heavy atom. The highest BCUT2D eigenvalue weighted by Crippen LogP contribution is 2.33. The van der Waals surface area contributed by atoms with Gasteiger partial charge in [0.25, 0.3) is 5.56 Å². The number of halogens is 3. The second-order valence-electron chi connectivity index (χ2n) is 9.35. The number of rotatable bonds is 7. The molecule has 4 aromatic rings. The van der Waals surface area contributed by atoms with E-state index in [9.17, 15) is 14.9 Å². The summed E-state index contributed by atoms with van der Waals surface area (Å²) < 4.78 is 7.82. The molecule has 1 aliphatic rings. The van der Waals surface area contributed by atoms with Gasteiger partial charge in [-0.1, -0.05) is 64.5 Å². The van der Waals surface area contributed by atoms with E-state index in [-0.39, 0.29) is 29.5 Å². The Hall–Kier alpha value is -3.27. The van der Waals surface area contributed by atoms with E-state index in [0.29, 0.717) is 32.3 Å². The van der Waals surface area contributed by atoms with Gasteiger partial charge in [-0.2, -0.15) is 9.78 Å². The van der Waals surface area contributed by atoms with Gasteiger partial charge < -0.3 is 4.74 Å². The topological polar surface area (TPSA) is 99.6 Å². The third kappa shape index (κ3) is 6.16. The van der Waals surface area contributed by atoms with Crippen LogP contribution in [-0.4, -0.2) is 20.8 Å². The second-order valence-corrected chi connectivity index (χ2v) is 11.1. The van der Waals surface area contributed by atoms with Crippen molar-refractivity contribution in [2.45, 2.75) is 44.6 Å². The van der Waals surface area contributed by atoms with E-state index in [1.807, 2.05) is 12.1 Å². The third-order valence-corrected chi connectivity index (χ3v) is 7.92. The van der Waals surface area contributed by atoms with Crippen LogP contribution < -0.4 is 10.3 Å². The molecular weight excluding hydrogens is 607 g/mol. The van der Waals surface area contributed by atoms with Crippen LogP contribution in [-0.2, 0) is 6.61 Å². The Morgan fingerprint density at radius 3 is 2.62 bits per heavy atom. The fourth-order valence-corrected chi connectivity index (χ4v) is 5.38. The van der Waals surface area contributed by atoms with E-state index >= 15 is 0 Å². The summed E-state index contributed by atoms with van der Waals surface area (Å²) in [6, 6.07) is 15.0. The lowest BCUT2D eigenvalue weighted by Crippen LogP contribution is -2.25. The van der Waals surface area contributed by atoms with Gasteiger partial charge in [-0.25, -0.2) is 4.98 Å². The van der Waals surface area contributed by atoms with Crippen LogP contribution in [0.1, 0.15) is 55.0 Å². The van der Waals surface area contributed by atoms with E-state index in [4.69, 9.17) is 32.9 Å². The highest BCUT2D eigenvalue weighted by molar-refractivity contribution is 9.10. The van der Waals surface area contributed by atoms with E-state index < -0.39 is 4.92 Å². The Labute approximate surface area is 242 Å². The molecule has 1 aromatic heterocycles. The number of fused-ring (bicyclic) bond motifs is 1.